The Balaban J connectivity index is 0.00000338. The molecule has 26 heavy (non-hydrogen) atoms. The average Bonchev–Trinajstić information content (AvgIpc) is 3.10. The Morgan fingerprint density at radius 2 is 2.15 bits per heavy atom. The normalized spacial score (nSPS) is 11.0. The number of aryl methyl sites for hydroxylation is 1. The summed E-state index contributed by atoms with van der Waals surface area (Å²) in [5.41, 5.74) is 0.897. The molecule has 0 bridgehead atoms. The molecular formula is C17H27IN6O2. The Kier molecular flexibility index (Phi) is 10.6. The molecule has 1 aromatic carbocycles. The van der Waals surface area contributed by atoms with Gasteiger partial charge in [-0.05, 0) is 19.1 Å². The summed E-state index contributed by atoms with van der Waals surface area (Å²) < 4.78 is 12.7. The molecule has 144 valence electrons. The van der Waals surface area contributed by atoms with E-state index in [1.165, 1.54) is 0 Å². The van der Waals surface area contributed by atoms with E-state index in [1.807, 2.05) is 28.8 Å². The topological polar surface area (TPSA) is 85.6 Å². The first-order valence-electron chi connectivity index (χ1n) is 8.33. The van der Waals surface area contributed by atoms with Gasteiger partial charge in [-0.1, -0.05) is 6.07 Å². The number of benzene rings is 1. The number of aliphatic imine (C=N–C) groups is 1. The van der Waals surface area contributed by atoms with E-state index in [9.17, 15) is 0 Å². The third-order valence-electron chi connectivity index (χ3n) is 3.53. The average molecular weight is 474 g/mol. The van der Waals surface area contributed by atoms with Crippen LogP contribution in [0.25, 0.3) is 0 Å². The second kappa shape index (κ2) is 12.5. The van der Waals surface area contributed by atoms with Crippen molar-refractivity contribution in [3.05, 3.63) is 36.4 Å². The lowest BCUT2D eigenvalue weighted by Gasteiger charge is -2.13. The molecule has 0 unspecified atom stereocenters. The van der Waals surface area contributed by atoms with Gasteiger partial charge in [0.15, 0.2) is 11.8 Å². The molecule has 0 spiro atoms. The molecule has 0 aliphatic heterocycles. The second-order valence-corrected chi connectivity index (χ2v) is 5.31. The van der Waals surface area contributed by atoms with Crippen molar-refractivity contribution in [2.45, 2.75) is 26.4 Å². The Morgan fingerprint density at radius 3 is 2.88 bits per heavy atom. The standard InChI is InChI=1S/C17H26N6O2.HI/c1-4-23-13-20-22-16(23)12-19-17(18-2)21-14-7-5-8-15(11-14)25-10-6-9-24-3;/h5,7-8,11,13H,4,6,9-10,12H2,1-3H3,(H2,18,19,21);1H. The quantitative estimate of drug-likeness (QED) is 0.252. The van der Waals surface area contributed by atoms with Gasteiger partial charge in [0.05, 0.1) is 13.2 Å². The molecule has 0 radical (unpaired) electrons. The molecule has 8 nitrogen and oxygen atoms in total. The summed E-state index contributed by atoms with van der Waals surface area (Å²) in [6.07, 6.45) is 2.58. The molecule has 0 atom stereocenters. The van der Waals surface area contributed by atoms with Crippen LogP contribution in [0, 0.1) is 0 Å². The SMILES string of the molecule is CCn1cnnc1CNC(=NC)Nc1cccc(OCCCOC)c1.I. The van der Waals surface area contributed by atoms with Crippen molar-refractivity contribution in [2.24, 2.45) is 4.99 Å². The van der Waals surface area contributed by atoms with Gasteiger partial charge in [-0.2, -0.15) is 0 Å². The van der Waals surface area contributed by atoms with Crippen molar-refractivity contribution in [3.63, 3.8) is 0 Å². The van der Waals surface area contributed by atoms with E-state index in [-0.39, 0.29) is 24.0 Å². The van der Waals surface area contributed by atoms with Crippen molar-refractivity contribution in [1.29, 1.82) is 0 Å². The second-order valence-electron chi connectivity index (χ2n) is 5.31. The fourth-order valence-corrected chi connectivity index (χ4v) is 2.22. The van der Waals surface area contributed by atoms with Gasteiger partial charge >= 0.3 is 0 Å². The number of halogens is 1. The van der Waals surface area contributed by atoms with Crippen LogP contribution in [0.3, 0.4) is 0 Å². The monoisotopic (exact) mass is 474 g/mol. The van der Waals surface area contributed by atoms with Crippen molar-refractivity contribution >= 4 is 35.6 Å². The molecule has 0 aliphatic carbocycles. The van der Waals surface area contributed by atoms with Crippen LogP contribution >= 0.6 is 24.0 Å². The number of ether oxygens (including phenoxy) is 2. The molecule has 0 amide bonds. The molecule has 9 heteroatoms. The highest BCUT2D eigenvalue weighted by Gasteiger charge is 2.05. The predicted octanol–water partition coefficient (Wildman–Crippen LogP) is 2.52. The largest absolute Gasteiger partial charge is 0.493 e. The number of hydrogen-bond acceptors (Lipinski definition) is 5. The number of methoxy groups -OCH3 is 1. The molecule has 0 fully saturated rings. The van der Waals surface area contributed by atoms with Crippen molar-refractivity contribution < 1.29 is 9.47 Å². The molecule has 1 aromatic heterocycles. The van der Waals surface area contributed by atoms with Crippen molar-refractivity contribution in [2.75, 3.05) is 32.7 Å². The molecule has 1 heterocycles. The summed E-state index contributed by atoms with van der Waals surface area (Å²) in [6, 6.07) is 7.77. The Labute approximate surface area is 171 Å². The maximum atomic E-state index is 5.71. The van der Waals surface area contributed by atoms with Gasteiger partial charge in [0.25, 0.3) is 0 Å². The smallest absolute Gasteiger partial charge is 0.195 e. The van der Waals surface area contributed by atoms with Gasteiger partial charge in [-0.25, -0.2) is 0 Å². The van der Waals surface area contributed by atoms with Crippen LogP contribution in [0.2, 0.25) is 0 Å². The zero-order valence-corrected chi connectivity index (χ0v) is 17.8. The highest BCUT2D eigenvalue weighted by atomic mass is 127. The van der Waals surface area contributed by atoms with Gasteiger partial charge in [0, 0.05) is 45.5 Å². The minimum absolute atomic E-state index is 0. The Morgan fingerprint density at radius 1 is 1.31 bits per heavy atom. The first-order valence-corrected chi connectivity index (χ1v) is 8.33. The van der Waals surface area contributed by atoms with Crippen LogP contribution < -0.4 is 15.4 Å². The maximum absolute atomic E-state index is 5.71. The van der Waals surface area contributed by atoms with Gasteiger partial charge in [0.1, 0.15) is 12.1 Å². The lowest BCUT2D eigenvalue weighted by molar-refractivity contribution is 0.172. The van der Waals surface area contributed by atoms with Gasteiger partial charge < -0.3 is 24.7 Å². The number of nitrogens with zero attached hydrogens (tertiary/aromatic N) is 4. The van der Waals surface area contributed by atoms with Crippen molar-refractivity contribution in [3.8, 4) is 5.75 Å². The predicted molar refractivity (Wildman–Crippen MR) is 113 cm³/mol. The van der Waals surface area contributed by atoms with E-state index < -0.39 is 0 Å². The van der Waals surface area contributed by atoms with Crippen molar-refractivity contribution in [1.82, 2.24) is 20.1 Å². The summed E-state index contributed by atoms with van der Waals surface area (Å²) >= 11 is 0. The van der Waals surface area contributed by atoms with Crippen LogP contribution in [-0.2, 0) is 17.8 Å². The summed E-state index contributed by atoms with van der Waals surface area (Å²) in [5, 5.41) is 14.5. The fraction of sp³-hybridized carbons (Fsp3) is 0.471. The van der Waals surface area contributed by atoms with E-state index in [0.29, 0.717) is 25.7 Å². The third-order valence-corrected chi connectivity index (χ3v) is 3.53. The first kappa shape index (κ1) is 22.2. The van der Waals surface area contributed by atoms with E-state index in [0.717, 1.165) is 30.2 Å². The highest BCUT2D eigenvalue weighted by Crippen LogP contribution is 2.17. The summed E-state index contributed by atoms with van der Waals surface area (Å²) in [4.78, 5) is 4.23. The van der Waals surface area contributed by atoms with Gasteiger partial charge in [-0.15, -0.1) is 34.2 Å². The van der Waals surface area contributed by atoms with Crippen LogP contribution in [-0.4, -0.2) is 48.1 Å². The van der Waals surface area contributed by atoms with E-state index in [1.54, 1.807) is 20.5 Å². The lowest BCUT2D eigenvalue weighted by atomic mass is 10.3. The minimum Gasteiger partial charge on any atom is -0.493 e. The number of nitrogens with one attached hydrogen (secondary N) is 2. The summed E-state index contributed by atoms with van der Waals surface area (Å²) in [5.74, 6) is 2.32. The van der Waals surface area contributed by atoms with Gasteiger partial charge in [-0.3, -0.25) is 4.99 Å². The maximum Gasteiger partial charge on any atom is 0.195 e. The highest BCUT2D eigenvalue weighted by molar-refractivity contribution is 14.0. The number of hydrogen-bond donors (Lipinski definition) is 2. The molecule has 0 aliphatic rings. The minimum atomic E-state index is 0. The number of guanidine groups is 1. The third kappa shape index (κ3) is 7.16. The zero-order valence-electron chi connectivity index (χ0n) is 15.4. The van der Waals surface area contributed by atoms with E-state index in [2.05, 4.69) is 32.7 Å². The molecule has 0 saturated carbocycles. The molecule has 2 rings (SSSR count). The van der Waals surface area contributed by atoms with Crippen LogP contribution in [0.4, 0.5) is 5.69 Å². The Hall–Kier alpha value is -1.88. The van der Waals surface area contributed by atoms with E-state index in [4.69, 9.17) is 9.47 Å². The van der Waals surface area contributed by atoms with Crippen LogP contribution in [0.5, 0.6) is 5.75 Å². The number of anilines is 1. The van der Waals surface area contributed by atoms with Gasteiger partial charge in [0.2, 0.25) is 0 Å². The fourth-order valence-electron chi connectivity index (χ4n) is 2.22. The molecular weight excluding hydrogens is 447 g/mol. The van der Waals surface area contributed by atoms with Crippen LogP contribution in [0.15, 0.2) is 35.6 Å². The zero-order chi connectivity index (χ0) is 17.9. The first-order chi connectivity index (χ1) is 12.3. The Bertz CT molecular complexity index is 677. The molecule has 2 N–H and O–H groups in total. The molecule has 2 aromatic rings. The van der Waals surface area contributed by atoms with Crippen LogP contribution in [0.1, 0.15) is 19.2 Å². The lowest BCUT2D eigenvalue weighted by Crippen LogP contribution is -2.31. The number of rotatable bonds is 9. The summed E-state index contributed by atoms with van der Waals surface area (Å²) in [7, 11) is 3.41. The molecule has 0 saturated heterocycles. The number of aromatic nitrogens is 3. The summed E-state index contributed by atoms with van der Waals surface area (Å²) in [6.45, 7) is 4.74. The van der Waals surface area contributed by atoms with E-state index >= 15 is 0 Å².